The minimum Gasteiger partial charge on any atom is -0.258 e. The molecule has 0 amide bonds. The first-order chi connectivity index (χ1) is 4.86. The summed E-state index contributed by atoms with van der Waals surface area (Å²) in [6, 6.07) is 9.19. The van der Waals surface area contributed by atoms with E-state index >= 15 is 0 Å². The van der Waals surface area contributed by atoms with E-state index in [1.54, 1.807) is 12.1 Å². The molecule has 50 valence electrons. The van der Waals surface area contributed by atoms with Gasteiger partial charge < -0.3 is 0 Å². The van der Waals surface area contributed by atoms with Gasteiger partial charge in [0.15, 0.2) is 0 Å². The zero-order valence-electron chi connectivity index (χ0n) is 5.46. The molecule has 4 N–H and O–H groups in total. The Hall–Kier alpha value is -1.53. The average Bonchev–Trinajstić information content (AvgIpc) is 2.05. The molecule has 0 aromatic heterocycles. The summed E-state index contributed by atoms with van der Waals surface area (Å²) in [5.41, 5.74) is 4.21. The molecule has 1 aromatic carbocycles. The number of quaternary nitrogens is 1. The highest BCUT2D eigenvalue weighted by molar-refractivity contribution is 5.46. The summed E-state index contributed by atoms with van der Waals surface area (Å²) in [5, 5.41) is 8.46. The van der Waals surface area contributed by atoms with Gasteiger partial charge in [-0.25, -0.2) is 5.43 Å². The van der Waals surface area contributed by atoms with E-state index in [2.05, 4.69) is 11.3 Å². The van der Waals surface area contributed by atoms with E-state index in [1.165, 1.54) is 0 Å². The van der Waals surface area contributed by atoms with Crippen molar-refractivity contribution in [1.82, 2.24) is 0 Å². The van der Waals surface area contributed by atoms with Crippen LogP contribution in [0.5, 0.6) is 0 Å². The third kappa shape index (κ3) is 1.24. The van der Waals surface area contributed by atoms with E-state index in [9.17, 15) is 0 Å². The van der Waals surface area contributed by atoms with Crippen molar-refractivity contribution in [3.05, 3.63) is 29.8 Å². The first-order valence-electron chi connectivity index (χ1n) is 2.90. The molecule has 0 radical (unpaired) electrons. The van der Waals surface area contributed by atoms with Crippen molar-refractivity contribution in [2.24, 2.45) is 0 Å². The van der Waals surface area contributed by atoms with Gasteiger partial charge in [-0.3, -0.25) is 5.84 Å². The molecule has 3 nitrogen and oxygen atoms in total. The topological polar surface area (TPSA) is 63.5 Å². The Morgan fingerprint density at radius 2 is 2.30 bits per heavy atom. The number of hydrogen-bond acceptors (Lipinski definition) is 2. The van der Waals surface area contributed by atoms with Gasteiger partial charge >= 0.3 is 0 Å². The molecular weight excluding hydrogens is 126 g/mol. The maximum absolute atomic E-state index is 8.46. The van der Waals surface area contributed by atoms with Crippen molar-refractivity contribution in [2.75, 3.05) is 5.43 Å². The van der Waals surface area contributed by atoms with Gasteiger partial charge in [0.25, 0.3) is 0 Å². The van der Waals surface area contributed by atoms with Crippen LogP contribution in [0.15, 0.2) is 24.3 Å². The molecule has 0 fully saturated rings. The molecule has 0 heterocycles. The molecule has 3 heteroatoms. The lowest BCUT2D eigenvalue weighted by molar-refractivity contribution is -0.325. The van der Waals surface area contributed by atoms with Gasteiger partial charge in [-0.2, -0.15) is 5.26 Å². The standard InChI is InChI=1S/C7H7N3/c8-5-6-2-1-3-7(4-6)10-9/h1-4,10H,9H2/p+1. The third-order valence-electron chi connectivity index (χ3n) is 1.20. The maximum atomic E-state index is 8.46. The van der Waals surface area contributed by atoms with Crippen LogP contribution in [-0.4, -0.2) is 0 Å². The molecular formula is C7H8N3+. The third-order valence-corrected chi connectivity index (χ3v) is 1.20. The zero-order valence-corrected chi connectivity index (χ0v) is 5.46. The number of nitriles is 1. The van der Waals surface area contributed by atoms with Crippen LogP contribution in [0.3, 0.4) is 0 Å². The first-order valence-corrected chi connectivity index (χ1v) is 2.90. The van der Waals surface area contributed by atoms with Crippen LogP contribution in [0.4, 0.5) is 5.69 Å². The Bertz CT molecular complexity index is 262. The summed E-state index contributed by atoms with van der Waals surface area (Å²) in [5.74, 6) is 3.47. The van der Waals surface area contributed by atoms with E-state index in [1.807, 2.05) is 18.2 Å². The molecule has 0 bridgehead atoms. The van der Waals surface area contributed by atoms with E-state index in [0.717, 1.165) is 5.69 Å². The predicted molar refractivity (Wildman–Crippen MR) is 37.7 cm³/mol. The Kier molecular flexibility index (Phi) is 1.88. The number of rotatable bonds is 1. The lowest BCUT2D eigenvalue weighted by Crippen LogP contribution is -2.56. The first kappa shape index (κ1) is 6.59. The molecule has 0 unspecified atom stereocenters. The Labute approximate surface area is 59.0 Å². The predicted octanol–water partition coefficient (Wildman–Crippen LogP) is 0.127. The van der Waals surface area contributed by atoms with E-state index in [0.29, 0.717) is 5.56 Å². The summed E-state index contributed by atoms with van der Waals surface area (Å²) >= 11 is 0. The highest BCUT2D eigenvalue weighted by Crippen LogP contribution is 2.06. The molecule has 0 saturated heterocycles. The van der Waals surface area contributed by atoms with E-state index in [-0.39, 0.29) is 0 Å². The Morgan fingerprint density at radius 3 is 2.90 bits per heavy atom. The Balaban J connectivity index is 3.01. The largest absolute Gasteiger partial charge is 0.258 e. The van der Waals surface area contributed by atoms with Crippen LogP contribution in [0.1, 0.15) is 5.56 Å². The molecule has 0 atom stereocenters. The Morgan fingerprint density at radius 1 is 1.50 bits per heavy atom. The second-order valence-corrected chi connectivity index (χ2v) is 1.87. The van der Waals surface area contributed by atoms with Gasteiger partial charge in [0, 0.05) is 0 Å². The van der Waals surface area contributed by atoms with E-state index in [4.69, 9.17) is 5.26 Å². The second-order valence-electron chi connectivity index (χ2n) is 1.87. The molecule has 0 aliphatic heterocycles. The van der Waals surface area contributed by atoms with Crippen LogP contribution in [0.2, 0.25) is 0 Å². The number of benzene rings is 1. The van der Waals surface area contributed by atoms with Crippen molar-refractivity contribution < 1.29 is 5.84 Å². The number of nitrogens with one attached hydrogen (secondary N) is 1. The highest BCUT2D eigenvalue weighted by atomic mass is 15.2. The van der Waals surface area contributed by atoms with Crippen LogP contribution in [-0.2, 0) is 0 Å². The summed E-state index contributed by atoms with van der Waals surface area (Å²) in [4.78, 5) is 0. The summed E-state index contributed by atoms with van der Waals surface area (Å²) in [7, 11) is 0. The molecule has 0 spiro atoms. The molecule has 10 heavy (non-hydrogen) atoms. The van der Waals surface area contributed by atoms with Gasteiger partial charge in [-0.1, -0.05) is 6.07 Å². The van der Waals surface area contributed by atoms with Crippen molar-refractivity contribution in [3.63, 3.8) is 0 Å². The van der Waals surface area contributed by atoms with Gasteiger partial charge in [0.05, 0.1) is 17.3 Å². The smallest absolute Gasteiger partial charge is 0.0992 e. The fraction of sp³-hybridized carbons (Fsp3) is 0. The number of anilines is 1. The fourth-order valence-corrected chi connectivity index (χ4v) is 0.699. The minimum absolute atomic E-state index is 0.647. The maximum Gasteiger partial charge on any atom is 0.0992 e. The SMILES string of the molecule is N#Cc1cccc(N[NH3+])c1. The summed E-state index contributed by atoms with van der Waals surface area (Å²) in [6.07, 6.45) is 0. The lowest BCUT2D eigenvalue weighted by Gasteiger charge is -1.94. The van der Waals surface area contributed by atoms with Crippen molar-refractivity contribution in [3.8, 4) is 6.07 Å². The summed E-state index contributed by atoms with van der Waals surface area (Å²) in [6.45, 7) is 0. The van der Waals surface area contributed by atoms with Crippen molar-refractivity contribution in [1.29, 1.82) is 5.26 Å². The number of hydrogen-bond donors (Lipinski definition) is 2. The van der Waals surface area contributed by atoms with Crippen LogP contribution in [0.25, 0.3) is 0 Å². The van der Waals surface area contributed by atoms with E-state index < -0.39 is 0 Å². The second kappa shape index (κ2) is 2.85. The normalized spacial score (nSPS) is 8.40. The van der Waals surface area contributed by atoms with Crippen LogP contribution >= 0.6 is 0 Å². The van der Waals surface area contributed by atoms with Gasteiger partial charge in [-0.15, -0.1) is 0 Å². The number of nitrogens with zero attached hydrogens (tertiary/aromatic N) is 1. The monoisotopic (exact) mass is 134 g/mol. The van der Waals surface area contributed by atoms with Gasteiger partial charge in [0.1, 0.15) is 0 Å². The van der Waals surface area contributed by atoms with Crippen LogP contribution < -0.4 is 11.3 Å². The summed E-state index contributed by atoms with van der Waals surface area (Å²) < 4.78 is 0. The lowest BCUT2D eigenvalue weighted by atomic mass is 10.2. The highest BCUT2D eigenvalue weighted by Gasteiger charge is 1.90. The zero-order chi connectivity index (χ0) is 7.40. The molecule has 0 aliphatic carbocycles. The van der Waals surface area contributed by atoms with Gasteiger partial charge in [-0.05, 0) is 18.2 Å². The van der Waals surface area contributed by atoms with Crippen molar-refractivity contribution >= 4 is 5.69 Å². The quantitative estimate of drug-likeness (QED) is 0.536. The molecule has 1 aromatic rings. The van der Waals surface area contributed by atoms with Crippen molar-refractivity contribution in [2.45, 2.75) is 0 Å². The molecule has 1 rings (SSSR count). The molecule has 0 saturated carbocycles. The minimum atomic E-state index is 0.647. The average molecular weight is 134 g/mol. The fourth-order valence-electron chi connectivity index (χ4n) is 0.699. The van der Waals surface area contributed by atoms with Gasteiger partial charge in [0.2, 0.25) is 0 Å². The molecule has 0 aliphatic rings. The van der Waals surface area contributed by atoms with Crippen LogP contribution in [0, 0.1) is 11.3 Å².